The first-order valence-corrected chi connectivity index (χ1v) is 13.0. The molecule has 37 heavy (non-hydrogen) atoms. The van der Waals surface area contributed by atoms with E-state index >= 15 is 0 Å². The summed E-state index contributed by atoms with van der Waals surface area (Å²) >= 11 is 0. The van der Waals surface area contributed by atoms with E-state index in [9.17, 15) is 14.7 Å². The van der Waals surface area contributed by atoms with Crippen LogP contribution in [0.25, 0.3) is 0 Å². The molecule has 0 saturated carbocycles. The molecule has 0 spiro atoms. The van der Waals surface area contributed by atoms with E-state index in [0.717, 1.165) is 24.7 Å². The van der Waals surface area contributed by atoms with Gasteiger partial charge in [-0.15, -0.1) is 0 Å². The predicted molar refractivity (Wildman–Crippen MR) is 148 cm³/mol. The van der Waals surface area contributed by atoms with Crippen molar-refractivity contribution in [3.05, 3.63) is 55.1 Å². The van der Waals surface area contributed by atoms with Crippen LogP contribution < -0.4 is 10.5 Å². The summed E-state index contributed by atoms with van der Waals surface area (Å²) in [7, 11) is 1.37. The zero-order valence-corrected chi connectivity index (χ0v) is 22.9. The van der Waals surface area contributed by atoms with Crippen LogP contribution in [0.1, 0.15) is 89.0 Å². The van der Waals surface area contributed by atoms with E-state index in [0.29, 0.717) is 6.42 Å². The topological polar surface area (TPSA) is 132 Å². The molecule has 2 rings (SSSR count). The molecule has 2 unspecified atom stereocenters. The number of ether oxygens (including phenoxy) is 2. The lowest BCUT2D eigenvalue weighted by Gasteiger charge is -2.26. The van der Waals surface area contributed by atoms with E-state index in [2.05, 4.69) is 38.9 Å². The number of pyridine rings is 1. The number of nitrogens with zero attached hydrogens (tertiary/aromatic N) is 1. The Morgan fingerprint density at radius 1 is 1.30 bits per heavy atom. The molecule has 1 fully saturated rings. The summed E-state index contributed by atoms with van der Waals surface area (Å²) in [6.45, 7) is 13.3. The highest BCUT2D eigenvalue weighted by Crippen LogP contribution is 2.29. The van der Waals surface area contributed by atoms with E-state index in [4.69, 9.17) is 20.3 Å². The molecule has 1 aliphatic heterocycles. The lowest BCUT2D eigenvalue weighted by molar-refractivity contribution is -0.149. The normalized spacial score (nSPS) is 18.2. The molecular formula is C29H46N2O6. The average molecular weight is 519 g/mol. The van der Waals surface area contributed by atoms with Crippen LogP contribution >= 0.6 is 0 Å². The van der Waals surface area contributed by atoms with Crippen molar-refractivity contribution in [3.8, 4) is 11.5 Å². The number of aromatic nitrogens is 1. The van der Waals surface area contributed by atoms with Gasteiger partial charge in [-0.05, 0) is 50.2 Å². The Hall–Kier alpha value is -3.29. The SMILES string of the molecule is C=C/C=C(/O)C=C.CCC(CC)CC1CCCCCC(=O)OC(C)C1.COc1ccnc(C(N)=O)c1O. The zero-order chi connectivity index (χ0) is 28.2. The van der Waals surface area contributed by atoms with Crippen LogP contribution in [0.2, 0.25) is 0 Å². The van der Waals surface area contributed by atoms with E-state index in [-0.39, 0.29) is 35.0 Å². The van der Waals surface area contributed by atoms with Gasteiger partial charge in [-0.2, -0.15) is 0 Å². The molecule has 2 atom stereocenters. The maximum Gasteiger partial charge on any atom is 0.306 e. The van der Waals surface area contributed by atoms with E-state index in [1.54, 1.807) is 0 Å². The van der Waals surface area contributed by atoms with Crippen LogP contribution in [0.15, 0.2) is 49.4 Å². The number of primary amides is 1. The highest BCUT2D eigenvalue weighted by Gasteiger charge is 2.20. The maximum absolute atomic E-state index is 11.5. The van der Waals surface area contributed by atoms with Crippen molar-refractivity contribution in [1.82, 2.24) is 4.98 Å². The molecule has 8 heteroatoms. The van der Waals surface area contributed by atoms with Crippen LogP contribution in [-0.4, -0.2) is 40.3 Å². The van der Waals surface area contributed by atoms with Gasteiger partial charge in [0, 0.05) is 18.7 Å². The summed E-state index contributed by atoms with van der Waals surface area (Å²) in [5, 5.41) is 17.8. The highest BCUT2D eigenvalue weighted by molar-refractivity contribution is 5.94. The summed E-state index contributed by atoms with van der Waals surface area (Å²) < 4.78 is 10.2. The molecule has 2 heterocycles. The Morgan fingerprint density at radius 3 is 2.49 bits per heavy atom. The van der Waals surface area contributed by atoms with Crippen LogP contribution in [-0.2, 0) is 9.53 Å². The summed E-state index contributed by atoms with van der Waals surface area (Å²) in [6, 6.07) is 1.43. The molecule has 0 aromatic carbocycles. The summed E-state index contributed by atoms with van der Waals surface area (Å²) in [5.41, 5.74) is 4.74. The van der Waals surface area contributed by atoms with Crippen molar-refractivity contribution < 1.29 is 29.3 Å². The molecule has 1 amide bonds. The van der Waals surface area contributed by atoms with Gasteiger partial charge in [-0.25, -0.2) is 4.98 Å². The number of amides is 1. The first kappa shape index (κ1) is 33.7. The lowest BCUT2D eigenvalue weighted by Crippen LogP contribution is -2.21. The van der Waals surface area contributed by atoms with Gasteiger partial charge in [-0.1, -0.05) is 65.2 Å². The standard InChI is InChI=1S/C16H30O2.C7H8N2O3.C6H8O/c1-4-14(5-2)12-15-9-7-6-8-10-16(17)18-13(3)11-15;1-12-4-2-3-9-5(6(4)10)7(8)11;1-3-5-6(7)4-2/h13-15H,4-12H2,1-3H3;2-3,10H,1H3,(H2,8,11);3-5,7H,1-2H2/b;;6-5+. The molecule has 1 aliphatic rings. The van der Waals surface area contributed by atoms with Crippen molar-refractivity contribution in [3.63, 3.8) is 0 Å². The quantitative estimate of drug-likeness (QED) is 0.206. The number of aromatic hydroxyl groups is 1. The second-order valence-corrected chi connectivity index (χ2v) is 9.03. The van der Waals surface area contributed by atoms with Crippen molar-refractivity contribution in [2.75, 3.05) is 7.11 Å². The Balaban J connectivity index is 0.000000586. The number of hydrogen-bond donors (Lipinski definition) is 3. The fourth-order valence-corrected chi connectivity index (χ4v) is 4.08. The third-order valence-corrected chi connectivity index (χ3v) is 6.15. The van der Waals surface area contributed by atoms with Crippen molar-refractivity contribution in [2.45, 2.75) is 84.7 Å². The molecule has 4 N–H and O–H groups in total. The summed E-state index contributed by atoms with van der Waals surface area (Å²) in [5.74, 6) is 0.815. The van der Waals surface area contributed by atoms with Crippen LogP contribution in [0.5, 0.6) is 11.5 Å². The molecule has 0 aliphatic carbocycles. The Labute approximate surface area is 222 Å². The number of rotatable bonds is 8. The van der Waals surface area contributed by atoms with Gasteiger partial charge in [0.25, 0.3) is 5.91 Å². The number of aliphatic hydroxyl groups is 1. The smallest absolute Gasteiger partial charge is 0.306 e. The van der Waals surface area contributed by atoms with Gasteiger partial charge in [0.15, 0.2) is 17.2 Å². The fourth-order valence-electron chi connectivity index (χ4n) is 4.08. The van der Waals surface area contributed by atoms with Crippen LogP contribution in [0.4, 0.5) is 0 Å². The lowest BCUT2D eigenvalue weighted by atomic mass is 9.84. The molecule has 1 aromatic heterocycles. The molecule has 1 aromatic rings. The third kappa shape index (κ3) is 14.8. The summed E-state index contributed by atoms with van der Waals surface area (Å²) in [4.78, 5) is 25.7. The fraction of sp³-hybridized carbons (Fsp3) is 0.552. The van der Waals surface area contributed by atoms with Gasteiger partial charge >= 0.3 is 5.97 Å². The maximum atomic E-state index is 11.5. The summed E-state index contributed by atoms with van der Waals surface area (Å²) in [6.07, 6.45) is 16.1. The Morgan fingerprint density at radius 2 is 1.97 bits per heavy atom. The zero-order valence-electron chi connectivity index (χ0n) is 22.9. The van der Waals surface area contributed by atoms with E-state index in [1.807, 2.05) is 0 Å². The van der Waals surface area contributed by atoms with Gasteiger partial charge in [0.1, 0.15) is 5.76 Å². The minimum atomic E-state index is -0.786. The van der Waals surface area contributed by atoms with Crippen LogP contribution in [0, 0.1) is 11.8 Å². The number of esters is 1. The second-order valence-electron chi connectivity index (χ2n) is 9.03. The number of aliphatic hydroxyl groups excluding tert-OH is 1. The molecule has 0 radical (unpaired) electrons. The van der Waals surface area contributed by atoms with Crippen molar-refractivity contribution in [2.24, 2.45) is 17.6 Å². The second kappa shape index (κ2) is 19.8. The van der Waals surface area contributed by atoms with Gasteiger partial charge in [0.2, 0.25) is 0 Å². The average Bonchev–Trinajstić information content (AvgIpc) is 2.87. The molecule has 1 saturated heterocycles. The molecule has 208 valence electrons. The number of nitrogens with two attached hydrogens (primary N) is 1. The monoisotopic (exact) mass is 518 g/mol. The van der Waals surface area contributed by atoms with Crippen molar-refractivity contribution in [1.29, 1.82) is 0 Å². The number of carbonyl (C=O) groups excluding carboxylic acids is 2. The minimum absolute atomic E-state index is 0.00526. The Bertz CT molecular complexity index is 864. The van der Waals surface area contributed by atoms with Crippen molar-refractivity contribution >= 4 is 11.9 Å². The largest absolute Gasteiger partial charge is 0.508 e. The first-order chi connectivity index (χ1) is 17.6. The third-order valence-electron chi connectivity index (χ3n) is 6.15. The number of methoxy groups -OCH3 is 1. The Kier molecular flexibility index (Phi) is 18.1. The molecular weight excluding hydrogens is 472 g/mol. The van der Waals surface area contributed by atoms with Crippen LogP contribution in [0.3, 0.4) is 0 Å². The van der Waals surface area contributed by atoms with Gasteiger partial charge in [-0.3, -0.25) is 9.59 Å². The number of allylic oxidation sites excluding steroid dienone is 3. The number of hydrogen-bond acceptors (Lipinski definition) is 7. The number of cyclic esters (lactones) is 1. The van der Waals surface area contributed by atoms with E-state index < -0.39 is 5.91 Å². The van der Waals surface area contributed by atoms with Gasteiger partial charge < -0.3 is 25.4 Å². The van der Waals surface area contributed by atoms with Gasteiger partial charge in [0.05, 0.1) is 13.2 Å². The predicted octanol–water partition coefficient (Wildman–Crippen LogP) is 6.41. The molecule has 8 nitrogen and oxygen atoms in total. The minimum Gasteiger partial charge on any atom is -0.508 e. The molecule has 0 bridgehead atoms. The number of carbonyl (C=O) groups is 2. The highest BCUT2D eigenvalue weighted by atomic mass is 16.5. The first-order valence-electron chi connectivity index (χ1n) is 13.0. The van der Waals surface area contributed by atoms with E-state index in [1.165, 1.54) is 76.1 Å².